The maximum Gasteiger partial charge on any atom is 0.324 e. The van der Waals surface area contributed by atoms with E-state index in [9.17, 15) is 13.2 Å². The molecule has 0 aliphatic heterocycles. The first-order valence-electron chi connectivity index (χ1n) is 5.16. The highest BCUT2D eigenvalue weighted by Crippen LogP contribution is 2.28. The Hall–Kier alpha value is -1.36. The number of carbonyl (C=O) groups is 1. The summed E-state index contributed by atoms with van der Waals surface area (Å²) in [4.78, 5) is 11.1. The van der Waals surface area contributed by atoms with E-state index in [1.54, 1.807) is 19.1 Å². The van der Waals surface area contributed by atoms with Gasteiger partial charge in [0.05, 0.1) is 4.90 Å². The number of sulfone groups is 1. The zero-order valence-electron chi connectivity index (χ0n) is 10.3. The number of carboxylic acids is 1. The van der Waals surface area contributed by atoms with Crippen molar-refractivity contribution in [1.82, 2.24) is 0 Å². The number of carboxylic acid groups (broad SMARTS) is 1. The molecule has 0 spiro atoms. The van der Waals surface area contributed by atoms with Gasteiger partial charge in [-0.25, -0.2) is 8.42 Å². The van der Waals surface area contributed by atoms with Crippen LogP contribution in [0.4, 0.5) is 0 Å². The van der Waals surface area contributed by atoms with Gasteiger partial charge < -0.3 is 5.11 Å². The van der Waals surface area contributed by atoms with Crippen LogP contribution in [0.3, 0.4) is 0 Å². The van der Waals surface area contributed by atoms with Gasteiger partial charge in [-0.3, -0.25) is 4.79 Å². The van der Waals surface area contributed by atoms with E-state index in [2.05, 4.69) is 0 Å². The number of hydrogen-bond donors (Lipinski definition) is 1. The standard InChI is InChI=1S/C12H16O4S/c1-8-5-6-10(9(2)7-8)17(15,16)12(3,4)11(13)14/h5-7H,1-4H3,(H,13,14). The number of aliphatic carboxylic acids is 1. The molecule has 0 aliphatic carbocycles. The molecule has 0 saturated carbocycles. The Labute approximate surface area is 101 Å². The fourth-order valence-corrected chi connectivity index (χ4v) is 3.00. The summed E-state index contributed by atoms with van der Waals surface area (Å²) in [6.45, 7) is 5.91. The Morgan fingerprint density at radius 1 is 1.24 bits per heavy atom. The van der Waals surface area contributed by atoms with Crippen LogP contribution in [-0.4, -0.2) is 24.2 Å². The highest BCUT2D eigenvalue weighted by atomic mass is 32.2. The van der Waals surface area contributed by atoms with Crippen LogP contribution in [0.1, 0.15) is 25.0 Å². The highest BCUT2D eigenvalue weighted by Gasteiger charge is 2.43. The molecule has 1 rings (SSSR count). The highest BCUT2D eigenvalue weighted by molar-refractivity contribution is 7.93. The normalized spacial score (nSPS) is 12.5. The predicted molar refractivity (Wildman–Crippen MR) is 64.8 cm³/mol. The molecule has 0 fully saturated rings. The molecule has 1 aromatic carbocycles. The van der Waals surface area contributed by atoms with Gasteiger partial charge in [0.1, 0.15) is 0 Å². The molecule has 0 atom stereocenters. The lowest BCUT2D eigenvalue weighted by Gasteiger charge is -2.21. The van der Waals surface area contributed by atoms with Crippen LogP contribution in [0.25, 0.3) is 0 Å². The second-order valence-corrected chi connectivity index (χ2v) is 7.06. The topological polar surface area (TPSA) is 71.4 Å². The molecule has 1 aromatic rings. The van der Waals surface area contributed by atoms with Crippen LogP contribution in [0, 0.1) is 13.8 Å². The summed E-state index contributed by atoms with van der Waals surface area (Å²) in [5, 5.41) is 9.00. The monoisotopic (exact) mass is 256 g/mol. The lowest BCUT2D eigenvalue weighted by Crippen LogP contribution is -2.40. The van der Waals surface area contributed by atoms with Crippen LogP contribution in [0.5, 0.6) is 0 Å². The maximum atomic E-state index is 12.2. The number of aryl methyl sites for hydroxylation is 2. The third-order valence-corrected chi connectivity index (χ3v) is 5.36. The van der Waals surface area contributed by atoms with Crippen LogP contribution < -0.4 is 0 Å². The average molecular weight is 256 g/mol. The smallest absolute Gasteiger partial charge is 0.324 e. The Morgan fingerprint density at radius 2 is 1.76 bits per heavy atom. The van der Waals surface area contributed by atoms with E-state index in [-0.39, 0.29) is 4.90 Å². The second kappa shape index (κ2) is 4.14. The van der Waals surface area contributed by atoms with Gasteiger partial charge in [-0.05, 0) is 39.3 Å². The zero-order chi connectivity index (χ0) is 13.4. The van der Waals surface area contributed by atoms with Gasteiger partial charge in [-0.2, -0.15) is 0 Å². The summed E-state index contributed by atoms with van der Waals surface area (Å²) in [6.07, 6.45) is 0. The first-order chi connectivity index (χ1) is 7.60. The largest absolute Gasteiger partial charge is 0.480 e. The zero-order valence-corrected chi connectivity index (χ0v) is 11.1. The molecule has 0 aromatic heterocycles. The van der Waals surface area contributed by atoms with Gasteiger partial charge in [0.15, 0.2) is 14.6 Å². The van der Waals surface area contributed by atoms with Gasteiger partial charge >= 0.3 is 5.97 Å². The molecule has 0 heterocycles. The van der Waals surface area contributed by atoms with Crippen molar-refractivity contribution in [3.8, 4) is 0 Å². The molecule has 1 N–H and O–H groups in total. The van der Waals surface area contributed by atoms with E-state index in [1.165, 1.54) is 19.9 Å². The molecule has 94 valence electrons. The maximum absolute atomic E-state index is 12.2. The van der Waals surface area contributed by atoms with Crippen LogP contribution in [0.15, 0.2) is 23.1 Å². The van der Waals surface area contributed by atoms with Crippen molar-refractivity contribution in [1.29, 1.82) is 0 Å². The first kappa shape index (κ1) is 13.7. The number of rotatable bonds is 3. The molecule has 0 unspecified atom stereocenters. The molecule has 0 radical (unpaired) electrons. The predicted octanol–water partition coefficient (Wildman–Crippen LogP) is 1.94. The van der Waals surface area contributed by atoms with Crippen LogP contribution in [-0.2, 0) is 14.6 Å². The SMILES string of the molecule is Cc1ccc(S(=O)(=O)C(C)(C)C(=O)O)c(C)c1. The van der Waals surface area contributed by atoms with Crippen molar-refractivity contribution in [2.45, 2.75) is 37.3 Å². The quantitative estimate of drug-likeness (QED) is 0.897. The fraction of sp³-hybridized carbons (Fsp3) is 0.417. The Kier molecular flexibility index (Phi) is 3.34. The molecule has 0 saturated heterocycles. The minimum absolute atomic E-state index is 0.0792. The molecule has 5 heteroatoms. The van der Waals surface area contributed by atoms with Gasteiger partial charge in [-0.15, -0.1) is 0 Å². The van der Waals surface area contributed by atoms with Gasteiger partial charge in [0.25, 0.3) is 0 Å². The van der Waals surface area contributed by atoms with Gasteiger partial charge in [0.2, 0.25) is 0 Å². The third-order valence-electron chi connectivity index (χ3n) is 2.81. The molecule has 4 nitrogen and oxygen atoms in total. The molecule has 0 bridgehead atoms. The van der Waals surface area contributed by atoms with Crippen LogP contribution >= 0.6 is 0 Å². The molecule has 17 heavy (non-hydrogen) atoms. The summed E-state index contributed by atoms with van der Waals surface area (Å²) in [6, 6.07) is 4.85. The second-order valence-electron chi connectivity index (χ2n) is 4.59. The molecule has 0 amide bonds. The molecular weight excluding hydrogens is 240 g/mol. The summed E-state index contributed by atoms with van der Waals surface area (Å²) in [7, 11) is -3.88. The van der Waals surface area contributed by atoms with E-state index >= 15 is 0 Å². The third kappa shape index (κ3) is 2.20. The summed E-state index contributed by atoms with van der Waals surface area (Å²) in [5.74, 6) is -1.35. The molecule has 0 aliphatic rings. The van der Waals surface area contributed by atoms with E-state index in [0.29, 0.717) is 5.56 Å². The number of benzene rings is 1. The Morgan fingerprint density at radius 3 is 2.18 bits per heavy atom. The number of hydrogen-bond acceptors (Lipinski definition) is 3. The summed E-state index contributed by atoms with van der Waals surface area (Å²) < 4.78 is 22.7. The van der Waals surface area contributed by atoms with Crippen LogP contribution in [0.2, 0.25) is 0 Å². The Bertz CT molecular complexity index is 556. The lowest BCUT2D eigenvalue weighted by molar-refractivity contribution is -0.139. The lowest BCUT2D eigenvalue weighted by atomic mass is 10.2. The van der Waals surface area contributed by atoms with Gasteiger partial charge in [-0.1, -0.05) is 17.7 Å². The Balaban J connectivity index is 3.47. The van der Waals surface area contributed by atoms with Crippen molar-refractivity contribution in [2.75, 3.05) is 0 Å². The fourth-order valence-electron chi connectivity index (χ4n) is 1.49. The van der Waals surface area contributed by atoms with E-state index in [0.717, 1.165) is 5.56 Å². The van der Waals surface area contributed by atoms with E-state index < -0.39 is 20.6 Å². The summed E-state index contributed by atoms with van der Waals surface area (Å²) in [5.41, 5.74) is 1.51. The van der Waals surface area contributed by atoms with Crippen molar-refractivity contribution >= 4 is 15.8 Å². The van der Waals surface area contributed by atoms with Gasteiger partial charge in [0, 0.05) is 0 Å². The average Bonchev–Trinajstić information content (AvgIpc) is 2.16. The van der Waals surface area contributed by atoms with E-state index in [1.807, 2.05) is 6.92 Å². The molecular formula is C12H16O4S. The van der Waals surface area contributed by atoms with Crippen molar-refractivity contribution < 1.29 is 18.3 Å². The van der Waals surface area contributed by atoms with Crippen molar-refractivity contribution in [2.24, 2.45) is 0 Å². The summed E-state index contributed by atoms with van der Waals surface area (Å²) >= 11 is 0. The minimum atomic E-state index is -3.88. The van der Waals surface area contributed by atoms with Crippen molar-refractivity contribution in [3.63, 3.8) is 0 Å². The van der Waals surface area contributed by atoms with E-state index in [4.69, 9.17) is 5.11 Å². The van der Waals surface area contributed by atoms with Crippen molar-refractivity contribution in [3.05, 3.63) is 29.3 Å². The minimum Gasteiger partial charge on any atom is -0.480 e. The first-order valence-corrected chi connectivity index (χ1v) is 6.64.